The van der Waals surface area contributed by atoms with Crippen LogP contribution in [0.3, 0.4) is 0 Å². The van der Waals surface area contributed by atoms with Gasteiger partial charge in [0.2, 0.25) is 0 Å². The number of hydrogen-bond acceptors (Lipinski definition) is 1. The largest absolute Gasteiger partial charge is 0.255 e. The van der Waals surface area contributed by atoms with Crippen LogP contribution in [0.1, 0.15) is 22.3 Å². The minimum atomic E-state index is 1.09. The van der Waals surface area contributed by atoms with Crippen LogP contribution in [-0.2, 0) is 0 Å². The second-order valence-corrected chi connectivity index (χ2v) is 5.59. The van der Waals surface area contributed by atoms with Gasteiger partial charge in [0.15, 0.2) is 0 Å². The van der Waals surface area contributed by atoms with Crippen LogP contribution in [0.2, 0.25) is 0 Å². The van der Waals surface area contributed by atoms with Gasteiger partial charge in [0.25, 0.3) is 0 Å². The summed E-state index contributed by atoms with van der Waals surface area (Å²) in [5.74, 6) is 0. The van der Waals surface area contributed by atoms with Crippen molar-refractivity contribution in [1.29, 1.82) is 0 Å². The van der Waals surface area contributed by atoms with Crippen LogP contribution < -0.4 is 0 Å². The van der Waals surface area contributed by atoms with Gasteiger partial charge >= 0.3 is 0 Å². The van der Waals surface area contributed by atoms with E-state index >= 15 is 0 Å². The van der Waals surface area contributed by atoms with E-state index < -0.39 is 0 Å². The third-order valence-electron chi connectivity index (χ3n) is 4.10. The molecule has 0 atom stereocenters. The fourth-order valence-electron chi connectivity index (χ4n) is 2.72. The van der Waals surface area contributed by atoms with Crippen LogP contribution >= 0.6 is 0 Å². The van der Waals surface area contributed by atoms with E-state index in [0.29, 0.717) is 0 Å². The molecule has 0 fully saturated rings. The maximum Gasteiger partial charge on any atom is 0.0783 e. The molecule has 0 N–H and O–H groups in total. The summed E-state index contributed by atoms with van der Waals surface area (Å²) in [7, 11) is 0. The Kier molecular flexibility index (Phi) is 3.06. The molecule has 0 aliphatic heterocycles. The average Bonchev–Trinajstić information content (AvgIpc) is 2.43. The van der Waals surface area contributed by atoms with Gasteiger partial charge in [0.05, 0.1) is 5.69 Å². The highest BCUT2D eigenvalue weighted by molar-refractivity contribution is 5.97. The predicted molar refractivity (Wildman–Crippen MR) is 86.1 cm³/mol. The Morgan fingerprint density at radius 2 is 1.60 bits per heavy atom. The van der Waals surface area contributed by atoms with Crippen LogP contribution in [0.4, 0.5) is 0 Å². The van der Waals surface area contributed by atoms with Crippen molar-refractivity contribution < 1.29 is 0 Å². The van der Waals surface area contributed by atoms with Gasteiger partial charge in [-0.1, -0.05) is 35.9 Å². The first-order valence-corrected chi connectivity index (χ1v) is 7.00. The van der Waals surface area contributed by atoms with Crippen LogP contribution in [-0.4, -0.2) is 4.98 Å². The second-order valence-electron chi connectivity index (χ2n) is 5.59. The van der Waals surface area contributed by atoms with E-state index in [1.54, 1.807) is 0 Å². The first kappa shape index (κ1) is 12.9. The second kappa shape index (κ2) is 4.75. The molecule has 0 bridgehead atoms. The Bertz CT molecular complexity index is 800. The van der Waals surface area contributed by atoms with Crippen LogP contribution in [0.5, 0.6) is 0 Å². The zero-order valence-corrected chi connectivity index (χ0v) is 12.5. The number of benzene rings is 2. The van der Waals surface area contributed by atoms with Gasteiger partial charge in [-0.2, -0.15) is 0 Å². The van der Waals surface area contributed by atoms with E-state index in [-0.39, 0.29) is 0 Å². The zero-order valence-electron chi connectivity index (χ0n) is 12.5. The molecular weight excluding hydrogens is 242 g/mol. The van der Waals surface area contributed by atoms with Gasteiger partial charge in [0, 0.05) is 17.1 Å². The maximum atomic E-state index is 4.72. The molecule has 100 valence electrons. The summed E-state index contributed by atoms with van der Waals surface area (Å²) in [4.78, 5) is 4.72. The summed E-state index contributed by atoms with van der Waals surface area (Å²) in [5.41, 5.74) is 7.46. The number of aryl methyl sites for hydroxylation is 3. The molecule has 0 saturated carbocycles. The van der Waals surface area contributed by atoms with Crippen LogP contribution in [0.15, 0.2) is 42.6 Å². The minimum Gasteiger partial charge on any atom is -0.255 e. The molecule has 1 nitrogen and oxygen atoms in total. The summed E-state index contributed by atoms with van der Waals surface area (Å²) in [6.45, 7) is 8.58. The van der Waals surface area contributed by atoms with Crippen molar-refractivity contribution in [2.45, 2.75) is 27.7 Å². The lowest BCUT2D eigenvalue weighted by molar-refractivity contribution is 1.27. The van der Waals surface area contributed by atoms with Crippen molar-refractivity contribution in [3.8, 4) is 11.3 Å². The minimum absolute atomic E-state index is 1.09. The molecule has 1 heterocycles. The zero-order chi connectivity index (χ0) is 14.3. The third-order valence-corrected chi connectivity index (χ3v) is 4.10. The Labute approximate surface area is 120 Å². The molecule has 0 amide bonds. The molecule has 0 aliphatic rings. The molecule has 0 radical (unpaired) electrons. The van der Waals surface area contributed by atoms with Gasteiger partial charge in [0.1, 0.15) is 0 Å². The normalized spacial score (nSPS) is 11.0. The van der Waals surface area contributed by atoms with Gasteiger partial charge in [-0.3, -0.25) is 4.98 Å². The Morgan fingerprint density at radius 3 is 2.40 bits per heavy atom. The maximum absolute atomic E-state index is 4.72. The Balaban J connectivity index is 2.40. The summed E-state index contributed by atoms with van der Waals surface area (Å²) in [6, 6.07) is 13.0. The van der Waals surface area contributed by atoms with E-state index in [1.807, 2.05) is 6.20 Å². The van der Waals surface area contributed by atoms with E-state index in [1.165, 1.54) is 38.6 Å². The molecule has 1 heteroatoms. The number of rotatable bonds is 1. The number of aromatic nitrogens is 1. The van der Waals surface area contributed by atoms with Crippen molar-refractivity contribution in [1.82, 2.24) is 4.98 Å². The molecule has 0 saturated heterocycles. The third kappa shape index (κ3) is 2.00. The monoisotopic (exact) mass is 261 g/mol. The molecule has 20 heavy (non-hydrogen) atoms. The molecule has 0 aliphatic carbocycles. The highest BCUT2D eigenvalue weighted by Crippen LogP contribution is 2.32. The highest BCUT2D eigenvalue weighted by Gasteiger charge is 2.10. The SMILES string of the molecule is Cc1ccc2c(C)cnc(-c3cccc(C)c3C)c2c1. The smallest absolute Gasteiger partial charge is 0.0783 e. The Morgan fingerprint density at radius 1 is 0.800 bits per heavy atom. The molecule has 2 aromatic carbocycles. The van der Waals surface area contributed by atoms with Crippen molar-refractivity contribution in [2.24, 2.45) is 0 Å². The first-order valence-electron chi connectivity index (χ1n) is 7.00. The fourth-order valence-corrected chi connectivity index (χ4v) is 2.72. The van der Waals surface area contributed by atoms with Crippen LogP contribution in [0, 0.1) is 27.7 Å². The molecule has 1 aromatic heterocycles. The van der Waals surface area contributed by atoms with E-state index in [4.69, 9.17) is 4.98 Å². The van der Waals surface area contributed by atoms with Gasteiger partial charge in [-0.15, -0.1) is 0 Å². The lowest BCUT2D eigenvalue weighted by atomic mass is 9.95. The summed E-state index contributed by atoms with van der Waals surface area (Å²) in [5, 5.41) is 2.54. The first-order chi connectivity index (χ1) is 9.58. The summed E-state index contributed by atoms with van der Waals surface area (Å²) >= 11 is 0. The molecule has 3 rings (SSSR count). The molecular formula is C19H19N. The number of pyridine rings is 1. The fraction of sp³-hybridized carbons (Fsp3) is 0.211. The van der Waals surface area contributed by atoms with Crippen molar-refractivity contribution in [3.63, 3.8) is 0 Å². The quantitative estimate of drug-likeness (QED) is 0.591. The average molecular weight is 261 g/mol. The van der Waals surface area contributed by atoms with Crippen LogP contribution in [0.25, 0.3) is 22.0 Å². The van der Waals surface area contributed by atoms with Gasteiger partial charge in [-0.05, 0) is 55.8 Å². The number of nitrogens with zero attached hydrogens (tertiary/aromatic N) is 1. The lowest BCUT2D eigenvalue weighted by Gasteiger charge is -2.12. The number of hydrogen-bond donors (Lipinski definition) is 0. The molecule has 0 unspecified atom stereocenters. The Hall–Kier alpha value is -2.15. The number of fused-ring (bicyclic) bond motifs is 1. The summed E-state index contributed by atoms with van der Waals surface area (Å²) < 4.78 is 0. The van der Waals surface area contributed by atoms with E-state index in [9.17, 15) is 0 Å². The highest BCUT2D eigenvalue weighted by atomic mass is 14.7. The standard InChI is InChI=1S/C19H19N/c1-12-8-9-16-14(3)11-20-19(18(16)10-12)17-7-5-6-13(2)15(17)4/h5-11H,1-4H3. The van der Waals surface area contributed by atoms with Gasteiger partial charge in [-0.25, -0.2) is 0 Å². The molecule has 0 spiro atoms. The van der Waals surface area contributed by atoms with Crippen molar-refractivity contribution in [3.05, 3.63) is 64.8 Å². The lowest BCUT2D eigenvalue weighted by Crippen LogP contribution is -1.93. The van der Waals surface area contributed by atoms with Crippen molar-refractivity contribution >= 4 is 10.8 Å². The van der Waals surface area contributed by atoms with E-state index in [0.717, 1.165) is 5.69 Å². The predicted octanol–water partition coefficient (Wildman–Crippen LogP) is 5.14. The summed E-state index contributed by atoms with van der Waals surface area (Å²) in [6.07, 6.45) is 1.98. The van der Waals surface area contributed by atoms with Crippen molar-refractivity contribution in [2.75, 3.05) is 0 Å². The van der Waals surface area contributed by atoms with E-state index in [2.05, 4.69) is 64.1 Å². The molecule has 3 aromatic rings. The topological polar surface area (TPSA) is 12.9 Å². The van der Waals surface area contributed by atoms with Gasteiger partial charge < -0.3 is 0 Å².